The van der Waals surface area contributed by atoms with Crippen LogP contribution in [0.5, 0.6) is 0 Å². The van der Waals surface area contributed by atoms with Crippen molar-refractivity contribution in [3.8, 4) is 0 Å². The van der Waals surface area contributed by atoms with Crippen LogP contribution in [0.15, 0.2) is 28.5 Å². The van der Waals surface area contributed by atoms with Gasteiger partial charge in [-0.15, -0.1) is 23.1 Å². The van der Waals surface area contributed by atoms with Gasteiger partial charge < -0.3 is 5.32 Å². The molecule has 0 saturated heterocycles. The quantitative estimate of drug-likeness (QED) is 0.519. The second-order valence-electron chi connectivity index (χ2n) is 4.18. The zero-order valence-corrected chi connectivity index (χ0v) is 13.1. The highest BCUT2D eigenvalue weighted by Crippen LogP contribution is 2.24. The van der Waals surface area contributed by atoms with Crippen molar-refractivity contribution in [2.24, 2.45) is 0 Å². The minimum atomic E-state index is -0.550. The van der Waals surface area contributed by atoms with Crippen LogP contribution in [-0.2, 0) is 6.54 Å². The third kappa shape index (κ3) is 3.79. The standard InChI is InChI=1S/C13H13N3O3S2/c1-8-15-9(7-21-8)6-14-13(17)11-5-10(20-2)3-4-12(11)16(18)19/h3-5,7H,6H2,1-2H3,(H,14,17). The number of carbonyl (C=O) groups excluding carboxylic acids is 1. The molecule has 110 valence electrons. The number of hydrogen-bond acceptors (Lipinski definition) is 6. The molecule has 0 aliphatic rings. The topological polar surface area (TPSA) is 85.1 Å². The molecule has 2 rings (SSSR count). The Kier molecular flexibility index (Phi) is 4.92. The first-order chi connectivity index (χ1) is 10.0. The van der Waals surface area contributed by atoms with Crippen LogP contribution in [-0.4, -0.2) is 22.1 Å². The Morgan fingerprint density at radius 3 is 2.86 bits per heavy atom. The van der Waals surface area contributed by atoms with Crippen molar-refractivity contribution >= 4 is 34.7 Å². The Morgan fingerprint density at radius 2 is 2.29 bits per heavy atom. The van der Waals surface area contributed by atoms with Gasteiger partial charge in [-0.1, -0.05) is 0 Å². The molecule has 0 aliphatic heterocycles. The van der Waals surface area contributed by atoms with Gasteiger partial charge in [0, 0.05) is 16.3 Å². The van der Waals surface area contributed by atoms with Crippen molar-refractivity contribution in [2.75, 3.05) is 6.26 Å². The maximum absolute atomic E-state index is 12.2. The normalized spacial score (nSPS) is 10.4. The summed E-state index contributed by atoms with van der Waals surface area (Å²) in [4.78, 5) is 27.7. The SMILES string of the molecule is CSc1ccc([N+](=O)[O-])c(C(=O)NCc2csc(C)n2)c1. The van der Waals surface area contributed by atoms with Crippen LogP contribution < -0.4 is 5.32 Å². The van der Waals surface area contributed by atoms with Gasteiger partial charge >= 0.3 is 0 Å². The van der Waals surface area contributed by atoms with E-state index < -0.39 is 10.8 Å². The summed E-state index contributed by atoms with van der Waals surface area (Å²) < 4.78 is 0. The molecule has 0 unspecified atom stereocenters. The van der Waals surface area contributed by atoms with Gasteiger partial charge in [0.2, 0.25) is 0 Å². The first-order valence-corrected chi connectivity index (χ1v) is 8.13. The molecule has 2 aromatic rings. The maximum Gasteiger partial charge on any atom is 0.282 e. The highest BCUT2D eigenvalue weighted by Gasteiger charge is 2.20. The van der Waals surface area contributed by atoms with Gasteiger partial charge in [0.15, 0.2) is 0 Å². The molecule has 1 amide bonds. The van der Waals surface area contributed by atoms with E-state index in [2.05, 4.69) is 10.3 Å². The molecule has 1 N–H and O–H groups in total. The lowest BCUT2D eigenvalue weighted by Crippen LogP contribution is -2.24. The van der Waals surface area contributed by atoms with Crippen LogP contribution >= 0.6 is 23.1 Å². The molecular formula is C13H13N3O3S2. The van der Waals surface area contributed by atoms with Crippen molar-refractivity contribution in [1.29, 1.82) is 0 Å². The van der Waals surface area contributed by atoms with E-state index in [1.807, 2.05) is 18.6 Å². The molecule has 0 fully saturated rings. The fraction of sp³-hybridized carbons (Fsp3) is 0.231. The summed E-state index contributed by atoms with van der Waals surface area (Å²) >= 11 is 2.92. The second-order valence-corrected chi connectivity index (χ2v) is 6.12. The minimum Gasteiger partial charge on any atom is -0.346 e. The summed E-state index contributed by atoms with van der Waals surface area (Å²) in [5.41, 5.74) is 0.619. The van der Waals surface area contributed by atoms with Crippen LogP contribution in [0.25, 0.3) is 0 Å². The summed E-state index contributed by atoms with van der Waals surface area (Å²) in [6.45, 7) is 2.13. The first kappa shape index (κ1) is 15.5. The zero-order valence-electron chi connectivity index (χ0n) is 11.5. The number of aryl methyl sites for hydroxylation is 1. The first-order valence-electron chi connectivity index (χ1n) is 6.03. The van der Waals surface area contributed by atoms with Gasteiger partial charge in [0.1, 0.15) is 5.56 Å². The second kappa shape index (κ2) is 6.68. The largest absolute Gasteiger partial charge is 0.346 e. The smallest absolute Gasteiger partial charge is 0.282 e. The predicted molar refractivity (Wildman–Crippen MR) is 82.9 cm³/mol. The summed E-state index contributed by atoms with van der Waals surface area (Å²) in [6, 6.07) is 4.52. The van der Waals surface area contributed by atoms with E-state index >= 15 is 0 Å². The van der Waals surface area contributed by atoms with E-state index in [4.69, 9.17) is 0 Å². The monoisotopic (exact) mass is 323 g/mol. The van der Waals surface area contributed by atoms with E-state index in [1.165, 1.54) is 35.2 Å². The molecule has 0 saturated carbocycles. The molecule has 0 aliphatic carbocycles. The van der Waals surface area contributed by atoms with Crippen molar-refractivity contribution in [2.45, 2.75) is 18.4 Å². The molecule has 0 radical (unpaired) electrons. The number of thiazole rings is 1. The number of carbonyl (C=O) groups is 1. The number of amides is 1. The predicted octanol–water partition coefficient (Wildman–Crippen LogP) is 3.01. The van der Waals surface area contributed by atoms with E-state index in [-0.39, 0.29) is 17.8 Å². The van der Waals surface area contributed by atoms with E-state index in [9.17, 15) is 14.9 Å². The maximum atomic E-state index is 12.2. The van der Waals surface area contributed by atoms with Crippen LogP contribution in [0.4, 0.5) is 5.69 Å². The van der Waals surface area contributed by atoms with Crippen LogP contribution in [0, 0.1) is 17.0 Å². The highest BCUT2D eigenvalue weighted by molar-refractivity contribution is 7.98. The number of thioether (sulfide) groups is 1. The molecule has 0 spiro atoms. The fourth-order valence-corrected chi connectivity index (χ4v) is 2.79. The fourth-order valence-electron chi connectivity index (χ4n) is 1.74. The molecule has 21 heavy (non-hydrogen) atoms. The van der Waals surface area contributed by atoms with Crippen LogP contribution in [0.2, 0.25) is 0 Å². The van der Waals surface area contributed by atoms with Gasteiger partial charge in [-0.05, 0) is 25.3 Å². The summed E-state index contributed by atoms with van der Waals surface area (Å²) in [5, 5.41) is 16.4. The van der Waals surface area contributed by atoms with E-state index in [1.54, 1.807) is 6.07 Å². The number of rotatable bonds is 5. The van der Waals surface area contributed by atoms with Crippen LogP contribution in [0.3, 0.4) is 0 Å². The molecule has 8 heteroatoms. The Hall–Kier alpha value is -1.93. The van der Waals surface area contributed by atoms with Gasteiger partial charge in [0.25, 0.3) is 11.6 Å². The Bertz CT molecular complexity index is 685. The third-order valence-electron chi connectivity index (χ3n) is 2.74. The van der Waals surface area contributed by atoms with Crippen molar-refractivity contribution in [1.82, 2.24) is 10.3 Å². The Labute approximate surface area is 129 Å². The number of hydrogen-bond donors (Lipinski definition) is 1. The van der Waals surface area contributed by atoms with Gasteiger partial charge in [-0.2, -0.15) is 0 Å². The van der Waals surface area contributed by atoms with Gasteiger partial charge in [-0.25, -0.2) is 4.98 Å². The van der Waals surface area contributed by atoms with E-state index in [0.29, 0.717) is 0 Å². The molecule has 6 nitrogen and oxygen atoms in total. The molecule has 1 heterocycles. The van der Waals surface area contributed by atoms with Crippen LogP contribution in [0.1, 0.15) is 21.1 Å². The summed E-state index contributed by atoms with van der Waals surface area (Å²) in [7, 11) is 0. The average molecular weight is 323 g/mol. The number of nitro benzene ring substituents is 1. The summed E-state index contributed by atoms with van der Waals surface area (Å²) in [6.07, 6.45) is 1.85. The van der Waals surface area contributed by atoms with Gasteiger partial charge in [-0.3, -0.25) is 14.9 Å². The van der Waals surface area contributed by atoms with E-state index in [0.717, 1.165) is 15.6 Å². The number of aromatic nitrogens is 1. The molecule has 1 aromatic heterocycles. The van der Waals surface area contributed by atoms with Crippen molar-refractivity contribution in [3.05, 3.63) is 50.0 Å². The molecular weight excluding hydrogens is 310 g/mol. The minimum absolute atomic E-state index is 0.0683. The van der Waals surface area contributed by atoms with Crippen molar-refractivity contribution in [3.63, 3.8) is 0 Å². The number of nitrogens with zero attached hydrogens (tertiary/aromatic N) is 2. The Balaban J connectivity index is 2.19. The lowest BCUT2D eigenvalue weighted by molar-refractivity contribution is -0.385. The molecule has 1 aromatic carbocycles. The highest BCUT2D eigenvalue weighted by atomic mass is 32.2. The number of nitrogens with one attached hydrogen (secondary N) is 1. The van der Waals surface area contributed by atoms with Crippen molar-refractivity contribution < 1.29 is 9.72 Å². The number of nitro groups is 1. The lowest BCUT2D eigenvalue weighted by Gasteiger charge is -2.06. The Morgan fingerprint density at radius 1 is 1.52 bits per heavy atom. The number of benzene rings is 1. The molecule has 0 atom stereocenters. The van der Waals surface area contributed by atoms with Gasteiger partial charge in [0.05, 0.1) is 22.2 Å². The average Bonchev–Trinajstić information content (AvgIpc) is 2.89. The third-order valence-corrected chi connectivity index (χ3v) is 4.29. The zero-order chi connectivity index (χ0) is 15.4. The molecule has 0 bridgehead atoms. The lowest BCUT2D eigenvalue weighted by atomic mass is 10.1. The summed E-state index contributed by atoms with van der Waals surface area (Å²) in [5.74, 6) is -0.469.